The lowest BCUT2D eigenvalue weighted by Crippen LogP contribution is -1.92. The van der Waals surface area contributed by atoms with E-state index in [0.717, 1.165) is 6.07 Å². The molecule has 0 bridgehead atoms. The SMILES string of the molecule is O=[N+]([O-])c1ccc2n[nH]nc2c1F. The normalized spacial score (nSPS) is 10.5. The number of H-pyrrole nitrogens is 1. The van der Waals surface area contributed by atoms with Crippen molar-refractivity contribution in [3.63, 3.8) is 0 Å². The molecule has 2 rings (SSSR count). The van der Waals surface area contributed by atoms with E-state index in [2.05, 4.69) is 15.4 Å². The van der Waals surface area contributed by atoms with Crippen LogP contribution in [0.1, 0.15) is 0 Å². The second-order valence-corrected chi connectivity index (χ2v) is 2.35. The van der Waals surface area contributed by atoms with E-state index in [0.29, 0.717) is 0 Å². The van der Waals surface area contributed by atoms with Crippen molar-refractivity contribution in [2.45, 2.75) is 0 Å². The van der Waals surface area contributed by atoms with Crippen molar-refractivity contribution in [2.75, 3.05) is 0 Å². The van der Waals surface area contributed by atoms with Crippen LogP contribution in [0.3, 0.4) is 0 Å². The molecule has 66 valence electrons. The van der Waals surface area contributed by atoms with E-state index in [9.17, 15) is 14.5 Å². The molecule has 0 aliphatic heterocycles. The van der Waals surface area contributed by atoms with E-state index in [-0.39, 0.29) is 11.0 Å². The van der Waals surface area contributed by atoms with Crippen molar-refractivity contribution in [3.05, 3.63) is 28.1 Å². The zero-order valence-corrected chi connectivity index (χ0v) is 6.19. The number of hydrogen-bond donors (Lipinski definition) is 1. The van der Waals surface area contributed by atoms with Gasteiger partial charge in [0.25, 0.3) is 0 Å². The molecule has 0 fully saturated rings. The first kappa shape index (κ1) is 7.59. The lowest BCUT2D eigenvalue weighted by molar-refractivity contribution is -0.387. The summed E-state index contributed by atoms with van der Waals surface area (Å²) in [7, 11) is 0. The number of aromatic amines is 1. The van der Waals surface area contributed by atoms with Crippen LogP contribution in [-0.4, -0.2) is 20.3 Å². The second-order valence-electron chi connectivity index (χ2n) is 2.35. The van der Waals surface area contributed by atoms with Crippen molar-refractivity contribution in [1.82, 2.24) is 15.4 Å². The number of halogens is 1. The predicted octanol–water partition coefficient (Wildman–Crippen LogP) is 1.01. The van der Waals surface area contributed by atoms with Gasteiger partial charge in [0.05, 0.1) is 4.92 Å². The highest BCUT2D eigenvalue weighted by atomic mass is 19.1. The number of nitrogens with one attached hydrogen (secondary N) is 1. The molecule has 0 saturated carbocycles. The maximum absolute atomic E-state index is 13.2. The van der Waals surface area contributed by atoms with Crippen LogP contribution in [0.25, 0.3) is 11.0 Å². The topological polar surface area (TPSA) is 84.7 Å². The summed E-state index contributed by atoms with van der Waals surface area (Å²) < 4.78 is 13.2. The average molecular weight is 182 g/mol. The lowest BCUT2D eigenvalue weighted by atomic mass is 10.2. The average Bonchev–Trinajstić information content (AvgIpc) is 2.52. The van der Waals surface area contributed by atoms with E-state index in [1.807, 2.05) is 0 Å². The summed E-state index contributed by atoms with van der Waals surface area (Å²) >= 11 is 0. The summed E-state index contributed by atoms with van der Waals surface area (Å²) in [6, 6.07) is 2.39. The molecule has 13 heavy (non-hydrogen) atoms. The van der Waals surface area contributed by atoms with Gasteiger partial charge in [-0.2, -0.15) is 19.8 Å². The zero-order valence-electron chi connectivity index (χ0n) is 6.19. The summed E-state index contributed by atoms with van der Waals surface area (Å²) in [5.41, 5.74) is -0.446. The predicted molar refractivity (Wildman–Crippen MR) is 40.5 cm³/mol. The molecule has 1 aromatic carbocycles. The van der Waals surface area contributed by atoms with E-state index in [1.165, 1.54) is 6.07 Å². The number of hydrogen-bond acceptors (Lipinski definition) is 4. The van der Waals surface area contributed by atoms with E-state index >= 15 is 0 Å². The van der Waals surface area contributed by atoms with Gasteiger partial charge in [-0.1, -0.05) is 0 Å². The molecule has 0 saturated heterocycles. The van der Waals surface area contributed by atoms with Crippen LogP contribution in [-0.2, 0) is 0 Å². The maximum atomic E-state index is 13.2. The Morgan fingerprint density at radius 2 is 2.23 bits per heavy atom. The van der Waals surface area contributed by atoms with Gasteiger partial charge in [0.1, 0.15) is 5.52 Å². The highest BCUT2D eigenvalue weighted by Gasteiger charge is 2.18. The Hall–Kier alpha value is -2.05. The number of nitro benzene ring substituents is 1. The maximum Gasteiger partial charge on any atom is 0.307 e. The third-order valence-corrected chi connectivity index (χ3v) is 1.60. The standard InChI is InChI=1S/C6H3FN4O2/c7-5-4(11(12)13)2-1-3-6(5)9-10-8-3/h1-2H,(H,8,9,10). The smallest absolute Gasteiger partial charge is 0.258 e. The number of benzene rings is 1. The monoisotopic (exact) mass is 182 g/mol. The van der Waals surface area contributed by atoms with Gasteiger partial charge in [-0.15, -0.1) is 0 Å². The fourth-order valence-corrected chi connectivity index (χ4v) is 1.01. The quantitative estimate of drug-likeness (QED) is 0.526. The van der Waals surface area contributed by atoms with Gasteiger partial charge in [-0.05, 0) is 6.07 Å². The molecule has 1 aromatic heterocycles. The van der Waals surface area contributed by atoms with E-state index in [4.69, 9.17) is 0 Å². The molecule has 1 heterocycles. The molecule has 2 aromatic rings. The molecule has 0 spiro atoms. The molecule has 7 heteroatoms. The summed E-state index contributed by atoms with van der Waals surface area (Å²) in [5.74, 6) is -0.962. The first-order valence-electron chi connectivity index (χ1n) is 3.33. The molecule has 0 radical (unpaired) electrons. The summed E-state index contributed by atoms with van der Waals surface area (Å²) in [4.78, 5) is 9.49. The Bertz CT molecular complexity index is 480. The van der Waals surface area contributed by atoms with Crippen LogP contribution in [0, 0.1) is 15.9 Å². The molecule has 0 aliphatic carbocycles. The van der Waals surface area contributed by atoms with Crippen LogP contribution >= 0.6 is 0 Å². The van der Waals surface area contributed by atoms with E-state index < -0.39 is 16.4 Å². The van der Waals surface area contributed by atoms with Gasteiger partial charge < -0.3 is 0 Å². The van der Waals surface area contributed by atoms with Gasteiger partial charge in [0, 0.05) is 6.07 Å². The summed E-state index contributed by atoms with van der Waals surface area (Å²) in [6.07, 6.45) is 0. The summed E-state index contributed by atoms with van der Waals surface area (Å²) in [6.45, 7) is 0. The number of rotatable bonds is 1. The van der Waals surface area contributed by atoms with Gasteiger partial charge in [0.2, 0.25) is 5.82 Å². The second kappa shape index (κ2) is 2.47. The third kappa shape index (κ3) is 1.01. The minimum atomic E-state index is -0.962. The molecular formula is C6H3FN4O2. The largest absolute Gasteiger partial charge is 0.307 e. The Morgan fingerprint density at radius 3 is 2.92 bits per heavy atom. The van der Waals surface area contributed by atoms with Crippen molar-refractivity contribution in [1.29, 1.82) is 0 Å². The van der Waals surface area contributed by atoms with Crippen LogP contribution in [0.2, 0.25) is 0 Å². The number of aromatic nitrogens is 3. The minimum Gasteiger partial charge on any atom is -0.258 e. The fraction of sp³-hybridized carbons (Fsp3) is 0. The first-order chi connectivity index (χ1) is 6.20. The van der Waals surface area contributed by atoms with Crippen LogP contribution in [0.4, 0.5) is 10.1 Å². The van der Waals surface area contributed by atoms with Gasteiger partial charge >= 0.3 is 5.69 Å². The first-order valence-corrected chi connectivity index (χ1v) is 3.33. The Labute approximate surface area is 70.5 Å². The molecule has 1 N–H and O–H groups in total. The number of fused-ring (bicyclic) bond motifs is 1. The van der Waals surface area contributed by atoms with Gasteiger partial charge in [-0.3, -0.25) is 10.1 Å². The Balaban J connectivity index is 2.80. The molecule has 0 amide bonds. The Kier molecular flexibility index (Phi) is 1.44. The third-order valence-electron chi connectivity index (χ3n) is 1.60. The Morgan fingerprint density at radius 1 is 1.46 bits per heavy atom. The highest BCUT2D eigenvalue weighted by Crippen LogP contribution is 2.22. The van der Waals surface area contributed by atoms with Crippen LogP contribution in [0.15, 0.2) is 12.1 Å². The van der Waals surface area contributed by atoms with Crippen molar-refractivity contribution in [3.8, 4) is 0 Å². The molecule has 0 atom stereocenters. The van der Waals surface area contributed by atoms with Crippen molar-refractivity contribution in [2.24, 2.45) is 0 Å². The van der Waals surface area contributed by atoms with Crippen molar-refractivity contribution >= 4 is 16.7 Å². The van der Waals surface area contributed by atoms with E-state index in [1.54, 1.807) is 0 Å². The zero-order chi connectivity index (χ0) is 9.42. The molecular weight excluding hydrogens is 179 g/mol. The summed E-state index contributed by atoms with van der Waals surface area (Å²) in [5, 5.41) is 19.5. The van der Waals surface area contributed by atoms with Crippen molar-refractivity contribution < 1.29 is 9.31 Å². The minimum absolute atomic E-state index is 0.116. The van der Waals surface area contributed by atoms with Crippen LogP contribution < -0.4 is 0 Å². The van der Waals surface area contributed by atoms with Gasteiger partial charge in [-0.25, -0.2) is 0 Å². The highest BCUT2D eigenvalue weighted by molar-refractivity contribution is 5.77. The lowest BCUT2D eigenvalue weighted by Gasteiger charge is -1.91. The molecule has 0 aliphatic rings. The number of nitrogens with zero attached hydrogens (tertiary/aromatic N) is 3. The number of nitro groups is 1. The van der Waals surface area contributed by atoms with Crippen LogP contribution in [0.5, 0.6) is 0 Å². The molecule has 0 unspecified atom stereocenters. The fourth-order valence-electron chi connectivity index (χ4n) is 1.01. The molecule has 6 nitrogen and oxygen atoms in total. The van der Waals surface area contributed by atoms with Gasteiger partial charge in [0.15, 0.2) is 5.52 Å².